The van der Waals surface area contributed by atoms with E-state index < -0.39 is 29.4 Å². The van der Waals surface area contributed by atoms with Gasteiger partial charge in [0.25, 0.3) is 0 Å². The Morgan fingerprint density at radius 2 is 1.71 bits per heavy atom. The quantitative estimate of drug-likeness (QED) is 0.212. The summed E-state index contributed by atoms with van der Waals surface area (Å²) in [4.78, 5) is 42.8. The minimum absolute atomic E-state index is 0.0785. The molecule has 0 saturated heterocycles. The number of carboxylic acids is 1. The SMILES string of the molecule is CC(C)(C)OC(=O)N[C@](CCOC(=O)O[C@H]1CC[C@@]2(C)C(=CC[C@@H]3[C@@H]2CC[C@]2(C)C(c4cccnc4)=CC[C@@H]32)C1)(C(=O)O)c1ccccc1. The smallest absolute Gasteiger partial charge is 0.479 e. The molecule has 4 aliphatic rings. The van der Waals surface area contributed by atoms with Crippen molar-refractivity contribution in [1.29, 1.82) is 0 Å². The average Bonchev–Trinajstić information content (AvgIpc) is 3.41. The van der Waals surface area contributed by atoms with Crippen LogP contribution in [0.1, 0.15) is 97.1 Å². The monoisotopic (exact) mass is 670 g/mol. The van der Waals surface area contributed by atoms with E-state index in [9.17, 15) is 19.5 Å². The molecular weight excluding hydrogens is 620 g/mol. The molecule has 0 radical (unpaired) electrons. The number of aliphatic carboxylic acids is 1. The summed E-state index contributed by atoms with van der Waals surface area (Å²) in [5.41, 5.74) is 1.98. The molecule has 0 unspecified atom stereocenters. The molecule has 2 fully saturated rings. The molecule has 2 aromatic rings. The molecule has 6 rings (SSSR count). The van der Waals surface area contributed by atoms with Crippen LogP contribution in [0.5, 0.6) is 0 Å². The summed E-state index contributed by atoms with van der Waals surface area (Å²) in [6.45, 7) is 9.70. The first kappa shape index (κ1) is 34.7. The third kappa shape index (κ3) is 6.73. The lowest BCUT2D eigenvalue weighted by molar-refractivity contribution is -0.146. The molecular formula is C40H50N2O7. The molecule has 1 aromatic carbocycles. The third-order valence-corrected chi connectivity index (χ3v) is 11.9. The van der Waals surface area contributed by atoms with Gasteiger partial charge < -0.3 is 24.6 Å². The van der Waals surface area contributed by atoms with Gasteiger partial charge in [-0.05, 0) is 111 Å². The highest BCUT2D eigenvalue weighted by molar-refractivity contribution is 5.86. The van der Waals surface area contributed by atoms with Crippen LogP contribution in [0.4, 0.5) is 9.59 Å². The number of aromatic nitrogens is 1. The van der Waals surface area contributed by atoms with E-state index in [1.54, 1.807) is 51.1 Å². The molecule has 1 aromatic heterocycles. The molecule has 4 aliphatic carbocycles. The molecule has 262 valence electrons. The molecule has 2 N–H and O–H groups in total. The van der Waals surface area contributed by atoms with Crippen molar-refractivity contribution in [2.75, 3.05) is 6.61 Å². The molecule has 49 heavy (non-hydrogen) atoms. The largest absolute Gasteiger partial charge is 0.508 e. The van der Waals surface area contributed by atoms with E-state index in [1.807, 2.05) is 18.5 Å². The van der Waals surface area contributed by atoms with Gasteiger partial charge in [-0.15, -0.1) is 0 Å². The number of hydrogen-bond acceptors (Lipinski definition) is 7. The second-order valence-electron chi connectivity index (χ2n) is 15.8. The number of benzene rings is 1. The van der Waals surface area contributed by atoms with Crippen LogP contribution in [0.3, 0.4) is 0 Å². The molecule has 9 heteroatoms. The van der Waals surface area contributed by atoms with Crippen LogP contribution >= 0.6 is 0 Å². The van der Waals surface area contributed by atoms with E-state index in [4.69, 9.17) is 14.2 Å². The summed E-state index contributed by atoms with van der Waals surface area (Å²) in [6, 6.07) is 12.6. The number of alkyl carbamates (subject to hydrolysis) is 1. The summed E-state index contributed by atoms with van der Waals surface area (Å²) in [5.74, 6) is 0.535. The minimum atomic E-state index is -1.87. The molecule has 1 heterocycles. The molecule has 2 saturated carbocycles. The molecule has 1 amide bonds. The van der Waals surface area contributed by atoms with E-state index in [0.717, 1.165) is 32.1 Å². The summed E-state index contributed by atoms with van der Waals surface area (Å²) in [6.07, 6.45) is 13.4. The zero-order valence-electron chi connectivity index (χ0n) is 29.4. The van der Waals surface area contributed by atoms with E-state index in [1.165, 1.54) is 23.1 Å². The Morgan fingerprint density at radius 3 is 2.41 bits per heavy atom. The zero-order chi connectivity index (χ0) is 35.0. The van der Waals surface area contributed by atoms with Crippen LogP contribution in [0, 0.1) is 28.6 Å². The van der Waals surface area contributed by atoms with Crippen LogP contribution in [0.2, 0.25) is 0 Å². The fourth-order valence-electron chi connectivity index (χ4n) is 9.49. The molecule has 0 spiro atoms. The highest BCUT2D eigenvalue weighted by Crippen LogP contribution is 2.66. The number of carboxylic acid groups (broad SMARTS) is 1. The van der Waals surface area contributed by atoms with Gasteiger partial charge in [0.1, 0.15) is 11.7 Å². The first-order valence-corrected chi connectivity index (χ1v) is 17.7. The van der Waals surface area contributed by atoms with Crippen LogP contribution in [-0.4, -0.2) is 46.6 Å². The third-order valence-electron chi connectivity index (χ3n) is 11.9. The van der Waals surface area contributed by atoms with Gasteiger partial charge in [0.05, 0.1) is 6.61 Å². The Hall–Kier alpha value is -4.14. The van der Waals surface area contributed by atoms with E-state index in [0.29, 0.717) is 29.7 Å². The minimum Gasteiger partial charge on any atom is -0.479 e. The van der Waals surface area contributed by atoms with Crippen LogP contribution in [0.15, 0.2) is 72.6 Å². The maximum absolute atomic E-state index is 13.0. The van der Waals surface area contributed by atoms with Crippen molar-refractivity contribution >= 4 is 23.8 Å². The number of pyridine rings is 1. The maximum Gasteiger partial charge on any atom is 0.508 e. The van der Waals surface area contributed by atoms with Gasteiger partial charge in [-0.2, -0.15) is 0 Å². The van der Waals surface area contributed by atoms with Crippen molar-refractivity contribution < 1.29 is 33.7 Å². The van der Waals surface area contributed by atoms with Gasteiger partial charge >= 0.3 is 18.2 Å². The Kier molecular flexibility index (Phi) is 9.42. The number of carbonyl (C=O) groups excluding carboxylic acids is 2. The number of carbonyl (C=O) groups is 3. The average molecular weight is 671 g/mol. The topological polar surface area (TPSA) is 124 Å². The predicted octanol–water partition coefficient (Wildman–Crippen LogP) is 8.45. The predicted molar refractivity (Wildman–Crippen MR) is 185 cm³/mol. The number of allylic oxidation sites excluding steroid dienone is 3. The van der Waals surface area contributed by atoms with Crippen molar-refractivity contribution in [2.24, 2.45) is 28.6 Å². The van der Waals surface area contributed by atoms with Crippen molar-refractivity contribution in [2.45, 2.75) is 103 Å². The number of ether oxygens (including phenoxy) is 3. The second-order valence-corrected chi connectivity index (χ2v) is 15.8. The van der Waals surface area contributed by atoms with Crippen LogP contribution in [0.25, 0.3) is 5.57 Å². The fourth-order valence-corrected chi connectivity index (χ4v) is 9.49. The number of rotatable bonds is 8. The van der Waals surface area contributed by atoms with Crippen LogP contribution < -0.4 is 5.32 Å². The number of fused-ring (bicyclic) bond motifs is 5. The number of amides is 1. The summed E-state index contributed by atoms with van der Waals surface area (Å²) >= 11 is 0. The molecule has 7 atom stereocenters. The summed E-state index contributed by atoms with van der Waals surface area (Å²) in [5, 5.41) is 12.9. The number of nitrogens with zero attached hydrogens (tertiary/aromatic N) is 1. The fraction of sp³-hybridized carbons (Fsp3) is 0.550. The Balaban J connectivity index is 1.08. The lowest BCUT2D eigenvalue weighted by Crippen LogP contribution is -2.53. The molecule has 9 nitrogen and oxygen atoms in total. The van der Waals surface area contributed by atoms with Crippen molar-refractivity contribution in [3.05, 3.63) is 83.7 Å². The van der Waals surface area contributed by atoms with Crippen molar-refractivity contribution in [3.8, 4) is 0 Å². The Bertz CT molecular complexity index is 1620. The lowest BCUT2D eigenvalue weighted by Gasteiger charge is -2.57. The lowest BCUT2D eigenvalue weighted by atomic mass is 9.47. The maximum atomic E-state index is 13.0. The van der Waals surface area contributed by atoms with E-state index in [-0.39, 0.29) is 30.0 Å². The summed E-state index contributed by atoms with van der Waals surface area (Å²) < 4.78 is 16.7. The number of hydrogen-bond donors (Lipinski definition) is 2. The van der Waals surface area contributed by atoms with E-state index >= 15 is 0 Å². The van der Waals surface area contributed by atoms with Crippen molar-refractivity contribution in [3.63, 3.8) is 0 Å². The van der Waals surface area contributed by atoms with E-state index in [2.05, 4.69) is 42.4 Å². The first-order valence-electron chi connectivity index (χ1n) is 17.7. The van der Waals surface area contributed by atoms with Crippen LogP contribution in [-0.2, 0) is 24.5 Å². The van der Waals surface area contributed by atoms with Gasteiger partial charge in [-0.3, -0.25) is 4.98 Å². The van der Waals surface area contributed by atoms with Crippen molar-refractivity contribution in [1.82, 2.24) is 10.3 Å². The first-order chi connectivity index (χ1) is 23.2. The van der Waals surface area contributed by atoms with Gasteiger partial charge in [-0.25, -0.2) is 14.4 Å². The second kappa shape index (κ2) is 13.3. The van der Waals surface area contributed by atoms with Gasteiger partial charge in [0.15, 0.2) is 5.54 Å². The molecule has 0 aliphatic heterocycles. The molecule has 0 bridgehead atoms. The highest BCUT2D eigenvalue weighted by atomic mass is 16.7. The van der Waals surface area contributed by atoms with Gasteiger partial charge in [0.2, 0.25) is 0 Å². The Morgan fingerprint density at radius 1 is 0.959 bits per heavy atom. The van der Waals surface area contributed by atoms with Gasteiger partial charge in [-0.1, -0.05) is 68.0 Å². The highest BCUT2D eigenvalue weighted by Gasteiger charge is 2.57. The summed E-state index contributed by atoms with van der Waals surface area (Å²) in [7, 11) is 0. The normalized spacial score (nSPS) is 30.2. The van der Waals surface area contributed by atoms with Gasteiger partial charge in [0, 0.05) is 25.2 Å². The Labute approximate surface area is 289 Å². The number of nitrogens with one attached hydrogen (secondary N) is 1. The standard InChI is InChI=1S/C40H50N2O7/c1-37(2,3)49-35(45)42-40(34(43)44,27-11-7-6-8-12-27)21-23-47-36(46)48-29-17-19-38(4)28(24-29)13-14-30-32-16-15-31(26-10-9-22-41-25-26)39(32,5)20-18-33(30)38/h6-13,15,22,25,29-30,32-33H,14,16-21,23-24H2,1-5H3,(H,42,45)(H,43,44)/t29-,30-,32-,33-,38-,39+,40-/m0/s1. The zero-order valence-corrected chi connectivity index (χ0v) is 29.4.